The van der Waals surface area contributed by atoms with Crippen LogP contribution in [0.2, 0.25) is 0 Å². The van der Waals surface area contributed by atoms with Gasteiger partial charge in [0.2, 0.25) is 0 Å². The summed E-state index contributed by atoms with van der Waals surface area (Å²) in [5, 5.41) is 8.09. The average molecular weight is 274 g/mol. The van der Waals surface area contributed by atoms with Crippen LogP contribution in [0.15, 0.2) is 35.3 Å². The Morgan fingerprint density at radius 3 is 3.00 bits per heavy atom. The molecule has 1 atom stereocenters. The molecule has 0 spiro atoms. The number of hydrogen-bond donors (Lipinski definition) is 1. The molecule has 1 saturated carbocycles. The average Bonchev–Trinajstić information content (AvgIpc) is 2.93. The van der Waals surface area contributed by atoms with Crippen LogP contribution >= 0.6 is 11.3 Å². The molecule has 2 nitrogen and oxygen atoms in total. The molecule has 0 amide bonds. The molecule has 2 aromatic heterocycles. The van der Waals surface area contributed by atoms with Gasteiger partial charge < -0.3 is 9.88 Å². The summed E-state index contributed by atoms with van der Waals surface area (Å²) in [5.74, 6) is 0.864. The summed E-state index contributed by atoms with van der Waals surface area (Å²) in [5.41, 5.74) is 2.86. The minimum Gasteiger partial charge on any atom is -0.350 e. The van der Waals surface area contributed by atoms with Gasteiger partial charge in [-0.3, -0.25) is 0 Å². The van der Waals surface area contributed by atoms with E-state index in [4.69, 9.17) is 0 Å². The Balaban J connectivity index is 1.68. The monoisotopic (exact) mass is 274 g/mol. The zero-order valence-electron chi connectivity index (χ0n) is 11.5. The third kappa shape index (κ3) is 3.28. The molecule has 2 heterocycles. The number of rotatable bonds is 7. The molecule has 0 radical (unpaired) electrons. The van der Waals surface area contributed by atoms with Crippen molar-refractivity contribution in [2.24, 2.45) is 5.92 Å². The van der Waals surface area contributed by atoms with Crippen LogP contribution < -0.4 is 5.32 Å². The van der Waals surface area contributed by atoms with Crippen LogP contribution in [0.25, 0.3) is 0 Å². The van der Waals surface area contributed by atoms with Gasteiger partial charge in [0, 0.05) is 25.0 Å². The molecule has 1 N–H and O–H groups in total. The van der Waals surface area contributed by atoms with Crippen molar-refractivity contribution in [3.05, 3.63) is 46.4 Å². The summed E-state index contributed by atoms with van der Waals surface area (Å²) >= 11 is 1.77. The number of thiophene rings is 1. The lowest BCUT2D eigenvalue weighted by Gasteiger charge is -2.16. The fourth-order valence-electron chi connectivity index (χ4n) is 2.62. The van der Waals surface area contributed by atoms with Crippen molar-refractivity contribution in [1.82, 2.24) is 9.88 Å². The fraction of sp³-hybridized carbons (Fsp3) is 0.500. The second-order valence-electron chi connectivity index (χ2n) is 5.52. The van der Waals surface area contributed by atoms with Gasteiger partial charge >= 0.3 is 0 Å². The van der Waals surface area contributed by atoms with E-state index in [1.54, 1.807) is 11.3 Å². The highest BCUT2D eigenvalue weighted by molar-refractivity contribution is 7.07. The molecule has 102 valence electrons. The Kier molecular flexibility index (Phi) is 4.04. The predicted molar refractivity (Wildman–Crippen MR) is 81.6 cm³/mol. The number of aromatic nitrogens is 1. The maximum atomic E-state index is 3.71. The van der Waals surface area contributed by atoms with Crippen molar-refractivity contribution >= 4 is 11.3 Å². The number of hydrogen-bond acceptors (Lipinski definition) is 2. The Bertz CT molecular complexity index is 497. The van der Waals surface area contributed by atoms with Gasteiger partial charge in [0.15, 0.2) is 0 Å². The van der Waals surface area contributed by atoms with Crippen molar-refractivity contribution in [2.45, 2.75) is 38.8 Å². The van der Waals surface area contributed by atoms with Gasteiger partial charge in [-0.2, -0.15) is 11.3 Å². The molecular formula is C16H22N2S. The Labute approximate surface area is 119 Å². The predicted octanol–water partition coefficient (Wildman–Crippen LogP) is 4.05. The van der Waals surface area contributed by atoms with Gasteiger partial charge in [-0.05, 0) is 65.7 Å². The number of nitrogens with zero attached hydrogens (tertiary/aromatic N) is 1. The molecule has 0 saturated heterocycles. The van der Waals surface area contributed by atoms with Crippen molar-refractivity contribution in [1.29, 1.82) is 0 Å². The van der Waals surface area contributed by atoms with Gasteiger partial charge in [-0.15, -0.1) is 0 Å². The standard InChI is InChI=1S/C16H22N2S/c1-2-7-17-16(14-3-4-14)15-5-8-18(11-15)10-13-6-9-19-12-13/h5-6,8-9,11-12,14,16-17H,2-4,7,10H2,1H3. The van der Waals surface area contributed by atoms with Crippen LogP contribution in [0.3, 0.4) is 0 Å². The van der Waals surface area contributed by atoms with E-state index in [2.05, 4.69) is 52.1 Å². The molecule has 0 bridgehead atoms. The smallest absolute Gasteiger partial charge is 0.0478 e. The molecule has 1 aliphatic carbocycles. The first kappa shape index (κ1) is 12.9. The molecule has 0 aromatic carbocycles. The lowest BCUT2D eigenvalue weighted by molar-refractivity contribution is 0.480. The normalized spacial score (nSPS) is 16.7. The minimum absolute atomic E-state index is 0.573. The van der Waals surface area contributed by atoms with Gasteiger partial charge in [-0.1, -0.05) is 6.92 Å². The van der Waals surface area contributed by atoms with Crippen molar-refractivity contribution < 1.29 is 0 Å². The van der Waals surface area contributed by atoms with Crippen molar-refractivity contribution in [2.75, 3.05) is 6.54 Å². The minimum atomic E-state index is 0.573. The summed E-state index contributed by atoms with van der Waals surface area (Å²) in [6, 6.07) is 5.07. The summed E-state index contributed by atoms with van der Waals surface area (Å²) in [4.78, 5) is 0. The second-order valence-corrected chi connectivity index (χ2v) is 6.30. The van der Waals surface area contributed by atoms with Crippen LogP contribution in [0.4, 0.5) is 0 Å². The SMILES string of the molecule is CCCNC(c1ccn(Cc2ccsc2)c1)C1CC1. The lowest BCUT2D eigenvalue weighted by Crippen LogP contribution is -2.23. The van der Waals surface area contributed by atoms with Gasteiger partial charge in [0.05, 0.1) is 0 Å². The summed E-state index contributed by atoms with van der Waals surface area (Å²) in [6.07, 6.45) is 8.52. The van der Waals surface area contributed by atoms with E-state index in [9.17, 15) is 0 Å². The highest BCUT2D eigenvalue weighted by Crippen LogP contribution is 2.41. The molecule has 3 rings (SSSR count). The first-order chi connectivity index (χ1) is 9.36. The summed E-state index contributed by atoms with van der Waals surface area (Å²) < 4.78 is 2.31. The van der Waals surface area contributed by atoms with Crippen LogP contribution in [0.1, 0.15) is 43.4 Å². The van der Waals surface area contributed by atoms with Crippen LogP contribution in [0.5, 0.6) is 0 Å². The first-order valence-corrected chi connectivity index (χ1v) is 8.21. The van der Waals surface area contributed by atoms with Crippen LogP contribution in [-0.4, -0.2) is 11.1 Å². The maximum absolute atomic E-state index is 3.71. The molecule has 19 heavy (non-hydrogen) atoms. The van der Waals surface area contributed by atoms with E-state index >= 15 is 0 Å². The van der Waals surface area contributed by atoms with Gasteiger partial charge in [0.25, 0.3) is 0 Å². The highest BCUT2D eigenvalue weighted by Gasteiger charge is 2.32. The van der Waals surface area contributed by atoms with E-state index in [1.807, 2.05) is 0 Å². The third-order valence-electron chi connectivity index (χ3n) is 3.79. The molecular weight excluding hydrogens is 252 g/mol. The second kappa shape index (κ2) is 5.93. The van der Waals surface area contributed by atoms with Gasteiger partial charge in [-0.25, -0.2) is 0 Å². The quantitative estimate of drug-likeness (QED) is 0.806. The Morgan fingerprint density at radius 1 is 1.42 bits per heavy atom. The Hall–Kier alpha value is -1.06. The van der Waals surface area contributed by atoms with Crippen molar-refractivity contribution in [3.63, 3.8) is 0 Å². The third-order valence-corrected chi connectivity index (χ3v) is 4.52. The van der Waals surface area contributed by atoms with E-state index in [1.165, 1.54) is 30.4 Å². The summed E-state index contributed by atoms with van der Waals surface area (Å²) in [6.45, 7) is 4.35. The number of nitrogens with one attached hydrogen (secondary N) is 1. The molecule has 2 aromatic rings. The van der Waals surface area contributed by atoms with E-state index in [0.717, 1.165) is 19.0 Å². The van der Waals surface area contributed by atoms with Crippen molar-refractivity contribution in [3.8, 4) is 0 Å². The zero-order chi connectivity index (χ0) is 13.1. The van der Waals surface area contributed by atoms with Gasteiger partial charge in [0.1, 0.15) is 0 Å². The topological polar surface area (TPSA) is 17.0 Å². The molecule has 1 fully saturated rings. The Morgan fingerprint density at radius 2 is 2.32 bits per heavy atom. The van der Waals surface area contributed by atoms with Crippen LogP contribution in [0, 0.1) is 5.92 Å². The van der Waals surface area contributed by atoms with Crippen LogP contribution in [-0.2, 0) is 6.54 Å². The molecule has 3 heteroatoms. The molecule has 0 aliphatic heterocycles. The zero-order valence-corrected chi connectivity index (χ0v) is 12.3. The van der Waals surface area contributed by atoms with E-state index in [0.29, 0.717) is 6.04 Å². The van der Waals surface area contributed by atoms with E-state index in [-0.39, 0.29) is 0 Å². The summed E-state index contributed by atoms with van der Waals surface area (Å²) in [7, 11) is 0. The maximum Gasteiger partial charge on any atom is 0.0478 e. The largest absolute Gasteiger partial charge is 0.350 e. The lowest BCUT2D eigenvalue weighted by atomic mass is 10.1. The first-order valence-electron chi connectivity index (χ1n) is 7.27. The highest BCUT2D eigenvalue weighted by atomic mass is 32.1. The van der Waals surface area contributed by atoms with E-state index < -0.39 is 0 Å². The fourth-order valence-corrected chi connectivity index (χ4v) is 3.28. The molecule has 1 unspecified atom stereocenters. The molecule has 1 aliphatic rings.